The Balaban J connectivity index is 2.02. The van der Waals surface area contributed by atoms with E-state index in [0.29, 0.717) is 11.5 Å². The van der Waals surface area contributed by atoms with E-state index in [1.54, 1.807) is 29.7 Å². The van der Waals surface area contributed by atoms with Crippen LogP contribution in [0, 0.1) is 35.5 Å². The second kappa shape index (κ2) is 9.66. The van der Waals surface area contributed by atoms with Crippen molar-refractivity contribution < 1.29 is 19.9 Å². The first-order valence-corrected chi connectivity index (χ1v) is 10.1. The van der Waals surface area contributed by atoms with Gasteiger partial charge in [0, 0.05) is 28.4 Å². The first-order valence-electron chi connectivity index (χ1n) is 8.84. The summed E-state index contributed by atoms with van der Waals surface area (Å²) >= 11 is 1.41. The minimum Gasteiger partial charge on any atom is -0.396 e. The highest BCUT2D eigenvalue weighted by atomic mass is 32.2. The zero-order valence-electron chi connectivity index (χ0n) is 16.1. The molecule has 1 aromatic rings. The predicted molar refractivity (Wildman–Crippen MR) is 109 cm³/mol. The van der Waals surface area contributed by atoms with Crippen molar-refractivity contribution in [2.75, 3.05) is 12.9 Å². The monoisotopic (exact) mass is 400 g/mol. The van der Waals surface area contributed by atoms with Crippen molar-refractivity contribution in [2.45, 2.75) is 31.1 Å². The first-order chi connectivity index (χ1) is 13.3. The van der Waals surface area contributed by atoms with Crippen LogP contribution in [0.1, 0.15) is 36.2 Å². The highest BCUT2D eigenvalue weighted by Gasteiger charge is 2.36. The average molecular weight is 401 g/mol. The van der Waals surface area contributed by atoms with Crippen molar-refractivity contribution in [3.8, 4) is 23.7 Å². The SMILES string of the molecule is CSC(C)(C)[C@H](NC(=O)c1ccc(C#CC#C[C@H]2CC2CO)cc1)C(=O)NO. The van der Waals surface area contributed by atoms with E-state index in [9.17, 15) is 9.59 Å². The number of carbonyl (C=O) groups excluding carboxylic acids is 2. The lowest BCUT2D eigenvalue weighted by atomic mass is 10.0. The van der Waals surface area contributed by atoms with Gasteiger partial charge in [0.05, 0.1) is 0 Å². The molecular weight excluding hydrogens is 376 g/mol. The van der Waals surface area contributed by atoms with Crippen molar-refractivity contribution in [1.29, 1.82) is 0 Å². The van der Waals surface area contributed by atoms with Crippen molar-refractivity contribution in [2.24, 2.45) is 11.8 Å². The molecule has 3 atom stereocenters. The van der Waals surface area contributed by atoms with Crippen LogP contribution in [0.4, 0.5) is 0 Å². The Bertz CT molecular complexity index is 843. The lowest BCUT2D eigenvalue weighted by molar-refractivity contribution is -0.131. The van der Waals surface area contributed by atoms with Gasteiger partial charge < -0.3 is 10.4 Å². The molecule has 28 heavy (non-hydrogen) atoms. The molecule has 0 spiro atoms. The summed E-state index contributed by atoms with van der Waals surface area (Å²) in [4.78, 5) is 24.4. The van der Waals surface area contributed by atoms with Gasteiger partial charge in [-0.3, -0.25) is 14.8 Å². The second-order valence-electron chi connectivity index (χ2n) is 7.07. The van der Waals surface area contributed by atoms with Crippen LogP contribution in [0.15, 0.2) is 24.3 Å². The van der Waals surface area contributed by atoms with Crippen molar-refractivity contribution in [1.82, 2.24) is 10.8 Å². The van der Waals surface area contributed by atoms with Crippen LogP contribution in [0.3, 0.4) is 0 Å². The van der Waals surface area contributed by atoms with Gasteiger partial charge in [0.25, 0.3) is 11.8 Å². The molecular formula is C21H24N2O4S. The summed E-state index contributed by atoms with van der Waals surface area (Å²) in [5.74, 6) is 10.9. The summed E-state index contributed by atoms with van der Waals surface area (Å²) in [6, 6.07) is 5.75. The quantitative estimate of drug-likeness (QED) is 0.329. The Hall–Kier alpha value is -2.45. The number of rotatable bonds is 6. The van der Waals surface area contributed by atoms with Gasteiger partial charge in [0.2, 0.25) is 0 Å². The fraction of sp³-hybridized carbons (Fsp3) is 0.429. The minimum atomic E-state index is -0.903. The molecule has 1 aromatic carbocycles. The number of thioether (sulfide) groups is 1. The van der Waals surface area contributed by atoms with Crippen molar-refractivity contribution in [3.05, 3.63) is 35.4 Å². The third-order valence-electron chi connectivity index (χ3n) is 4.70. The van der Waals surface area contributed by atoms with Gasteiger partial charge in [-0.25, -0.2) is 5.48 Å². The van der Waals surface area contributed by atoms with E-state index in [1.807, 2.05) is 20.1 Å². The van der Waals surface area contributed by atoms with Crippen LogP contribution in [0.25, 0.3) is 0 Å². The number of amides is 2. The normalized spacial score (nSPS) is 18.6. The minimum absolute atomic E-state index is 0.172. The summed E-state index contributed by atoms with van der Waals surface area (Å²) in [5.41, 5.74) is 2.71. The van der Waals surface area contributed by atoms with E-state index < -0.39 is 22.6 Å². The number of nitrogens with one attached hydrogen (secondary N) is 2. The Kier molecular flexibility index (Phi) is 7.53. The molecule has 0 aliphatic heterocycles. The summed E-state index contributed by atoms with van der Waals surface area (Å²) in [6.07, 6.45) is 2.75. The van der Waals surface area contributed by atoms with E-state index >= 15 is 0 Å². The lowest BCUT2D eigenvalue weighted by Crippen LogP contribution is -2.55. The van der Waals surface area contributed by atoms with E-state index in [-0.39, 0.29) is 12.5 Å². The fourth-order valence-corrected chi connectivity index (χ4v) is 2.92. The number of hydroxylamine groups is 1. The van der Waals surface area contributed by atoms with E-state index in [4.69, 9.17) is 10.3 Å². The number of hydrogen-bond donors (Lipinski definition) is 4. The van der Waals surface area contributed by atoms with E-state index in [2.05, 4.69) is 29.0 Å². The first kappa shape index (κ1) is 21.8. The molecule has 4 N–H and O–H groups in total. The zero-order chi connectivity index (χ0) is 20.7. The van der Waals surface area contributed by atoms with Crippen LogP contribution in [-0.4, -0.2) is 45.8 Å². The molecule has 1 saturated carbocycles. The van der Waals surface area contributed by atoms with Crippen LogP contribution in [-0.2, 0) is 4.79 Å². The number of carbonyl (C=O) groups is 2. The Morgan fingerprint density at radius 1 is 1.29 bits per heavy atom. The van der Waals surface area contributed by atoms with Gasteiger partial charge in [-0.1, -0.05) is 11.8 Å². The Morgan fingerprint density at radius 3 is 2.50 bits per heavy atom. The summed E-state index contributed by atoms with van der Waals surface area (Å²) in [6.45, 7) is 3.79. The molecule has 6 nitrogen and oxygen atoms in total. The molecule has 1 aliphatic rings. The van der Waals surface area contributed by atoms with Gasteiger partial charge >= 0.3 is 0 Å². The standard InChI is InChI=1S/C21H24N2O4S/c1-21(2,28-3)18(20(26)23-27)22-19(25)15-10-8-14(9-11-15)6-4-5-7-16-12-17(16)13-24/h8-11,16-18,24,27H,12-13H2,1-3H3,(H,22,25)(H,23,26)/t16-,17?,18+/m0/s1. The van der Waals surface area contributed by atoms with E-state index in [0.717, 1.165) is 12.0 Å². The molecule has 0 heterocycles. The Labute approximate surface area is 169 Å². The Morgan fingerprint density at radius 2 is 1.96 bits per heavy atom. The molecule has 0 aromatic heterocycles. The van der Waals surface area contributed by atoms with Crippen molar-refractivity contribution >= 4 is 23.6 Å². The number of benzene rings is 1. The summed E-state index contributed by atoms with van der Waals surface area (Å²) in [5, 5.41) is 20.6. The second-order valence-corrected chi connectivity index (χ2v) is 8.53. The maximum Gasteiger partial charge on any atom is 0.267 e. The number of hydrogen-bond acceptors (Lipinski definition) is 5. The van der Waals surface area contributed by atoms with Crippen LogP contribution in [0.5, 0.6) is 0 Å². The maximum atomic E-state index is 12.5. The smallest absolute Gasteiger partial charge is 0.267 e. The lowest BCUT2D eigenvalue weighted by Gasteiger charge is -2.31. The highest BCUT2D eigenvalue weighted by molar-refractivity contribution is 8.00. The van der Waals surface area contributed by atoms with Crippen molar-refractivity contribution in [3.63, 3.8) is 0 Å². The van der Waals surface area contributed by atoms with Gasteiger partial charge in [-0.15, -0.1) is 0 Å². The molecule has 1 fully saturated rings. The van der Waals surface area contributed by atoms with Gasteiger partial charge in [-0.05, 0) is 68.5 Å². The molecule has 0 saturated heterocycles. The molecule has 2 rings (SSSR count). The third kappa shape index (κ3) is 5.77. The molecule has 148 valence electrons. The van der Waals surface area contributed by atoms with Gasteiger partial charge in [0.1, 0.15) is 6.04 Å². The molecule has 7 heteroatoms. The number of aliphatic hydroxyl groups excluding tert-OH is 1. The molecule has 0 bridgehead atoms. The molecule has 0 radical (unpaired) electrons. The van der Waals surface area contributed by atoms with Crippen LogP contribution >= 0.6 is 11.8 Å². The third-order valence-corrected chi connectivity index (χ3v) is 5.99. The van der Waals surface area contributed by atoms with Crippen LogP contribution < -0.4 is 10.8 Å². The van der Waals surface area contributed by atoms with E-state index in [1.165, 1.54) is 11.8 Å². The molecule has 1 unspecified atom stereocenters. The maximum absolute atomic E-state index is 12.5. The fourth-order valence-electron chi connectivity index (χ4n) is 2.52. The van der Waals surface area contributed by atoms with Gasteiger partial charge in [0.15, 0.2) is 0 Å². The predicted octanol–water partition coefficient (Wildman–Crippen LogP) is 1.42. The summed E-state index contributed by atoms with van der Waals surface area (Å²) < 4.78 is -0.608. The topological polar surface area (TPSA) is 98.7 Å². The largest absolute Gasteiger partial charge is 0.396 e. The average Bonchev–Trinajstić information content (AvgIpc) is 3.47. The molecule has 1 aliphatic carbocycles. The number of aliphatic hydroxyl groups is 1. The highest BCUT2D eigenvalue weighted by Crippen LogP contribution is 2.36. The van der Waals surface area contributed by atoms with Gasteiger partial charge in [-0.2, -0.15) is 11.8 Å². The zero-order valence-corrected chi connectivity index (χ0v) is 16.9. The summed E-state index contributed by atoms with van der Waals surface area (Å²) in [7, 11) is 0. The van der Waals surface area contributed by atoms with Crippen LogP contribution in [0.2, 0.25) is 0 Å². The molecule has 2 amide bonds.